The van der Waals surface area contributed by atoms with Gasteiger partial charge in [-0.25, -0.2) is 9.67 Å². The monoisotopic (exact) mass is 472 g/mol. The van der Waals surface area contributed by atoms with Gasteiger partial charge in [0.15, 0.2) is 17.1 Å². The van der Waals surface area contributed by atoms with Crippen molar-refractivity contribution in [3.05, 3.63) is 46.8 Å². The van der Waals surface area contributed by atoms with Crippen LogP contribution in [0, 0.1) is 6.92 Å². The highest BCUT2D eigenvalue weighted by Crippen LogP contribution is 2.41. The summed E-state index contributed by atoms with van der Waals surface area (Å²) in [5, 5.41) is 8.41. The summed E-state index contributed by atoms with van der Waals surface area (Å²) < 4.78 is 36.9. The topological polar surface area (TPSA) is 78.3 Å². The molecule has 0 atom stereocenters. The van der Waals surface area contributed by atoms with Gasteiger partial charge in [-0.15, -0.1) is 0 Å². The van der Waals surface area contributed by atoms with E-state index in [1.54, 1.807) is 12.1 Å². The fraction of sp³-hybridized carbons (Fsp3) is 0.480. The number of nitrogens with one attached hydrogen (secondary N) is 1. The lowest BCUT2D eigenvalue weighted by atomic mass is 10.1. The largest absolute Gasteiger partial charge is 0.493 e. The van der Waals surface area contributed by atoms with Crippen LogP contribution in [-0.2, 0) is 12.0 Å². The van der Waals surface area contributed by atoms with Gasteiger partial charge in [-0.1, -0.05) is 6.07 Å². The molecule has 0 unspecified atom stereocenters. The number of aromatic nitrogens is 3. The molecular weight excluding hydrogens is 442 g/mol. The molecule has 0 bridgehead atoms. The maximum atomic E-state index is 13.2. The van der Waals surface area contributed by atoms with Crippen LogP contribution in [0.1, 0.15) is 66.8 Å². The lowest BCUT2D eigenvalue weighted by Crippen LogP contribution is -2.27. The minimum absolute atomic E-state index is 0.0311. The third-order valence-corrected chi connectivity index (χ3v) is 5.85. The van der Waals surface area contributed by atoms with E-state index in [0.717, 1.165) is 40.8 Å². The molecule has 182 valence electrons. The van der Waals surface area contributed by atoms with Crippen molar-refractivity contribution in [3.63, 3.8) is 0 Å². The summed E-state index contributed by atoms with van der Waals surface area (Å²) in [6.45, 7) is 5.45. The first-order valence-electron chi connectivity index (χ1n) is 11.4. The first-order chi connectivity index (χ1) is 16.1. The van der Waals surface area contributed by atoms with E-state index in [4.69, 9.17) is 9.72 Å². The number of amides is 1. The standard InChI is InChI=1S/C25H30F2N4O3/c1-14-21-17(13-18(16-7-8-16)29-22(21)31(30-14)25(2,3)4)23(32)28-11-10-15-6-9-19(33-5)20(12-15)34-24(26)27/h6,9,12-13,16,24H,7-8,10-11H2,1-5H3,(H,28,32). The van der Waals surface area contributed by atoms with Gasteiger partial charge in [-0.05, 0) is 70.7 Å². The van der Waals surface area contributed by atoms with E-state index < -0.39 is 6.61 Å². The van der Waals surface area contributed by atoms with Crippen LogP contribution in [0.3, 0.4) is 0 Å². The first-order valence-corrected chi connectivity index (χ1v) is 11.4. The molecule has 0 radical (unpaired) electrons. The smallest absolute Gasteiger partial charge is 0.387 e. The molecule has 34 heavy (non-hydrogen) atoms. The molecule has 0 spiro atoms. The number of hydrogen-bond acceptors (Lipinski definition) is 5. The third-order valence-electron chi connectivity index (χ3n) is 5.85. The molecular formula is C25H30F2N4O3. The molecule has 1 saturated carbocycles. The van der Waals surface area contributed by atoms with Gasteiger partial charge >= 0.3 is 6.61 Å². The number of alkyl halides is 2. The van der Waals surface area contributed by atoms with Crippen LogP contribution in [0.2, 0.25) is 0 Å². The molecule has 7 nitrogen and oxygen atoms in total. The number of carbonyl (C=O) groups excluding carboxylic acids is 1. The van der Waals surface area contributed by atoms with Gasteiger partial charge < -0.3 is 14.8 Å². The van der Waals surface area contributed by atoms with Gasteiger partial charge in [0.25, 0.3) is 5.91 Å². The Hall–Kier alpha value is -3.23. The van der Waals surface area contributed by atoms with Gasteiger partial charge in [-0.2, -0.15) is 13.9 Å². The minimum atomic E-state index is -2.95. The number of ether oxygens (including phenoxy) is 2. The zero-order valence-corrected chi connectivity index (χ0v) is 20.1. The molecule has 1 N–H and O–H groups in total. The number of methoxy groups -OCH3 is 1. The van der Waals surface area contributed by atoms with Crippen molar-refractivity contribution in [2.24, 2.45) is 0 Å². The van der Waals surface area contributed by atoms with Crippen LogP contribution >= 0.6 is 0 Å². The number of aryl methyl sites for hydroxylation is 1. The fourth-order valence-corrected chi connectivity index (χ4v) is 4.02. The molecule has 3 aromatic rings. The summed E-state index contributed by atoms with van der Waals surface area (Å²) in [7, 11) is 1.39. The van der Waals surface area contributed by atoms with Crippen molar-refractivity contribution in [1.82, 2.24) is 20.1 Å². The Morgan fingerprint density at radius 2 is 1.97 bits per heavy atom. The molecule has 1 amide bonds. The van der Waals surface area contributed by atoms with E-state index in [1.165, 1.54) is 13.2 Å². The minimum Gasteiger partial charge on any atom is -0.493 e. The van der Waals surface area contributed by atoms with Crippen LogP contribution in [0.5, 0.6) is 11.5 Å². The van der Waals surface area contributed by atoms with Crippen molar-refractivity contribution in [3.8, 4) is 11.5 Å². The quantitative estimate of drug-likeness (QED) is 0.502. The molecule has 9 heteroatoms. The van der Waals surface area contributed by atoms with Crippen LogP contribution in [-0.4, -0.2) is 40.9 Å². The molecule has 1 aliphatic rings. The predicted molar refractivity (Wildman–Crippen MR) is 125 cm³/mol. The molecule has 2 aromatic heterocycles. The Kier molecular flexibility index (Phi) is 6.47. The zero-order chi connectivity index (χ0) is 24.6. The van der Waals surface area contributed by atoms with E-state index in [-0.39, 0.29) is 22.9 Å². The normalized spacial score (nSPS) is 14.0. The van der Waals surface area contributed by atoms with Gasteiger partial charge in [0.1, 0.15) is 0 Å². The maximum Gasteiger partial charge on any atom is 0.387 e. The highest BCUT2D eigenvalue weighted by atomic mass is 19.3. The second kappa shape index (κ2) is 9.19. The van der Waals surface area contributed by atoms with Gasteiger partial charge in [-0.3, -0.25) is 4.79 Å². The maximum absolute atomic E-state index is 13.2. The Balaban J connectivity index is 1.56. The molecule has 1 aromatic carbocycles. The summed E-state index contributed by atoms with van der Waals surface area (Å²) in [4.78, 5) is 18.1. The molecule has 1 fully saturated rings. The van der Waals surface area contributed by atoms with E-state index >= 15 is 0 Å². The molecule has 2 heterocycles. The van der Waals surface area contributed by atoms with E-state index in [9.17, 15) is 13.6 Å². The van der Waals surface area contributed by atoms with Gasteiger partial charge in [0.2, 0.25) is 0 Å². The SMILES string of the molecule is COc1ccc(CCNC(=O)c2cc(C3CC3)nc3c2c(C)nn3C(C)(C)C)cc1OC(F)F. The Bertz CT molecular complexity index is 1210. The van der Waals surface area contributed by atoms with Crippen molar-refractivity contribution < 1.29 is 23.0 Å². The number of rotatable bonds is 8. The summed E-state index contributed by atoms with van der Waals surface area (Å²) in [5.74, 6) is 0.373. The second-order valence-corrected chi connectivity index (χ2v) is 9.61. The van der Waals surface area contributed by atoms with Crippen molar-refractivity contribution in [2.75, 3.05) is 13.7 Å². The van der Waals surface area contributed by atoms with Crippen LogP contribution in [0.15, 0.2) is 24.3 Å². The molecule has 1 aliphatic carbocycles. The number of carbonyl (C=O) groups is 1. The van der Waals surface area contributed by atoms with E-state index in [0.29, 0.717) is 24.4 Å². The predicted octanol–water partition coefficient (Wildman–Crippen LogP) is 4.95. The number of pyridine rings is 1. The Labute approximate surface area is 197 Å². The number of hydrogen-bond donors (Lipinski definition) is 1. The van der Waals surface area contributed by atoms with Crippen molar-refractivity contribution >= 4 is 16.9 Å². The molecule has 4 rings (SSSR count). The van der Waals surface area contributed by atoms with Crippen molar-refractivity contribution in [2.45, 2.75) is 65.0 Å². The summed E-state index contributed by atoms with van der Waals surface area (Å²) in [5.41, 5.74) is 3.44. The number of halogens is 2. The third kappa shape index (κ3) is 4.98. The highest BCUT2D eigenvalue weighted by molar-refractivity contribution is 6.06. The van der Waals surface area contributed by atoms with Crippen LogP contribution in [0.25, 0.3) is 11.0 Å². The Morgan fingerprint density at radius 3 is 2.59 bits per heavy atom. The summed E-state index contributed by atoms with van der Waals surface area (Å²) in [6, 6.07) is 6.73. The first kappa shape index (κ1) is 23.9. The van der Waals surface area contributed by atoms with Crippen LogP contribution in [0.4, 0.5) is 8.78 Å². The van der Waals surface area contributed by atoms with E-state index in [1.807, 2.05) is 17.7 Å². The lowest BCUT2D eigenvalue weighted by Gasteiger charge is -2.20. The highest BCUT2D eigenvalue weighted by Gasteiger charge is 2.30. The second-order valence-electron chi connectivity index (χ2n) is 9.61. The number of nitrogens with zero attached hydrogens (tertiary/aromatic N) is 3. The average Bonchev–Trinajstić information content (AvgIpc) is 3.55. The Morgan fingerprint density at radius 1 is 1.24 bits per heavy atom. The zero-order valence-electron chi connectivity index (χ0n) is 20.1. The number of benzene rings is 1. The summed E-state index contributed by atoms with van der Waals surface area (Å²) in [6.07, 6.45) is 2.59. The molecule has 0 saturated heterocycles. The summed E-state index contributed by atoms with van der Waals surface area (Å²) >= 11 is 0. The van der Waals surface area contributed by atoms with Gasteiger partial charge in [0.05, 0.1) is 29.3 Å². The number of fused-ring (bicyclic) bond motifs is 1. The van der Waals surface area contributed by atoms with Gasteiger partial charge in [0, 0.05) is 18.2 Å². The van der Waals surface area contributed by atoms with Crippen LogP contribution < -0.4 is 14.8 Å². The fourth-order valence-electron chi connectivity index (χ4n) is 4.02. The van der Waals surface area contributed by atoms with E-state index in [2.05, 4.69) is 35.9 Å². The average molecular weight is 473 g/mol. The van der Waals surface area contributed by atoms with Crippen molar-refractivity contribution in [1.29, 1.82) is 0 Å². The molecule has 0 aliphatic heterocycles. The lowest BCUT2D eigenvalue weighted by molar-refractivity contribution is -0.0512.